The second kappa shape index (κ2) is 22.8. The zero-order valence-electron chi connectivity index (χ0n) is 22.4. The van der Waals surface area contributed by atoms with E-state index in [9.17, 15) is 0 Å². The molecule has 2 unspecified atom stereocenters. The molecule has 0 aliphatic carbocycles. The standard InChI is InChI=1S/C27H57FO3Si/c1-6-11-13-14-15-16-17-18-19-20-22-24-26(23-21-12-7-2)25-27(28)32(29-8-3,30-9-4)31-10-5/h26-27H,6-25H2,1-5H3. The molecule has 0 saturated carbocycles. The zero-order valence-corrected chi connectivity index (χ0v) is 23.4. The third-order valence-corrected chi connectivity index (χ3v) is 9.47. The molecule has 5 heteroatoms. The lowest BCUT2D eigenvalue weighted by molar-refractivity contribution is 0.0379. The highest BCUT2D eigenvalue weighted by Gasteiger charge is 2.50. The Morgan fingerprint density at radius 3 is 1.28 bits per heavy atom. The second-order valence-corrected chi connectivity index (χ2v) is 12.0. The molecular formula is C27H57FO3Si. The van der Waals surface area contributed by atoms with Gasteiger partial charge in [0.1, 0.15) is 0 Å². The van der Waals surface area contributed by atoms with Gasteiger partial charge in [0.2, 0.25) is 0 Å². The Balaban J connectivity index is 4.42. The van der Waals surface area contributed by atoms with Gasteiger partial charge in [-0.15, -0.1) is 0 Å². The molecule has 0 spiro atoms. The van der Waals surface area contributed by atoms with Crippen LogP contribution in [-0.2, 0) is 13.3 Å². The summed E-state index contributed by atoms with van der Waals surface area (Å²) < 4.78 is 33.0. The normalized spacial score (nSPS) is 14.1. The molecule has 2 atom stereocenters. The van der Waals surface area contributed by atoms with Crippen LogP contribution in [0.25, 0.3) is 0 Å². The van der Waals surface area contributed by atoms with Crippen molar-refractivity contribution in [3.8, 4) is 0 Å². The Hall–Kier alpha value is 0.0269. The van der Waals surface area contributed by atoms with E-state index in [0.29, 0.717) is 32.2 Å². The summed E-state index contributed by atoms with van der Waals surface area (Å²) in [5, 5.41) is 0. The predicted octanol–water partition coefficient (Wildman–Crippen LogP) is 9.20. The quantitative estimate of drug-likeness (QED) is 0.0970. The summed E-state index contributed by atoms with van der Waals surface area (Å²) in [4.78, 5) is 0. The lowest BCUT2D eigenvalue weighted by Crippen LogP contribution is -2.55. The molecule has 0 rings (SSSR count). The minimum atomic E-state index is -3.26. The van der Waals surface area contributed by atoms with E-state index in [1.54, 1.807) is 0 Å². The number of hydrogen-bond donors (Lipinski definition) is 0. The molecule has 0 aliphatic heterocycles. The molecule has 0 N–H and O–H groups in total. The summed E-state index contributed by atoms with van der Waals surface area (Å²) in [5.41, 5.74) is 0. The Morgan fingerprint density at radius 2 is 0.875 bits per heavy atom. The summed E-state index contributed by atoms with van der Waals surface area (Å²) in [6.07, 6.45) is 21.3. The van der Waals surface area contributed by atoms with Crippen LogP contribution in [0.5, 0.6) is 0 Å². The maximum Gasteiger partial charge on any atom is 0.537 e. The van der Waals surface area contributed by atoms with Gasteiger partial charge in [0.15, 0.2) is 5.79 Å². The smallest absolute Gasteiger partial charge is 0.372 e. The van der Waals surface area contributed by atoms with E-state index in [1.807, 2.05) is 20.8 Å². The Kier molecular flexibility index (Phi) is 22.8. The summed E-state index contributed by atoms with van der Waals surface area (Å²) >= 11 is 0. The van der Waals surface area contributed by atoms with Crippen LogP contribution >= 0.6 is 0 Å². The average Bonchev–Trinajstić information content (AvgIpc) is 2.77. The first kappa shape index (κ1) is 32.0. The third-order valence-electron chi connectivity index (χ3n) is 6.39. The van der Waals surface area contributed by atoms with Crippen LogP contribution in [-0.4, -0.2) is 34.4 Å². The fraction of sp³-hybridized carbons (Fsp3) is 1.00. The first-order chi connectivity index (χ1) is 15.6. The van der Waals surface area contributed by atoms with Crippen molar-refractivity contribution in [2.24, 2.45) is 5.92 Å². The van der Waals surface area contributed by atoms with Crippen LogP contribution in [0.1, 0.15) is 144 Å². The van der Waals surface area contributed by atoms with Gasteiger partial charge in [-0.3, -0.25) is 0 Å². The molecule has 3 nitrogen and oxygen atoms in total. The maximum absolute atomic E-state index is 15.6. The molecule has 0 heterocycles. The molecule has 0 aliphatic rings. The molecule has 0 aromatic carbocycles. The van der Waals surface area contributed by atoms with Gasteiger partial charge in [-0.2, -0.15) is 0 Å². The number of halogens is 1. The van der Waals surface area contributed by atoms with Crippen LogP contribution < -0.4 is 0 Å². The van der Waals surface area contributed by atoms with Crippen molar-refractivity contribution in [3.63, 3.8) is 0 Å². The van der Waals surface area contributed by atoms with Gasteiger partial charge in [-0.1, -0.05) is 117 Å². The van der Waals surface area contributed by atoms with E-state index in [-0.39, 0.29) is 0 Å². The topological polar surface area (TPSA) is 27.7 Å². The summed E-state index contributed by atoms with van der Waals surface area (Å²) in [6, 6.07) is 0. The highest BCUT2D eigenvalue weighted by molar-refractivity contribution is 6.62. The van der Waals surface area contributed by atoms with E-state index in [2.05, 4.69) is 13.8 Å². The minimum Gasteiger partial charge on any atom is -0.372 e. The molecule has 194 valence electrons. The molecular weight excluding hydrogens is 419 g/mol. The monoisotopic (exact) mass is 476 g/mol. The molecule has 0 fully saturated rings. The maximum atomic E-state index is 15.6. The highest BCUT2D eigenvalue weighted by atomic mass is 28.4. The van der Waals surface area contributed by atoms with Gasteiger partial charge in [-0.25, -0.2) is 4.39 Å². The Labute approximate surface area is 201 Å². The van der Waals surface area contributed by atoms with Gasteiger partial charge in [-0.05, 0) is 33.1 Å². The van der Waals surface area contributed by atoms with Gasteiger partial charge >= 0.3 is 8.80 Å². The lowest BCUT2D eigenvalue weighted by Gasteiger charge is -2.32. The van der Waals surface area contributed by atoms with E-state index in [4.69, 9.17) is 13.3 Å². The molecule has 0 aromatic heterocycles. The number of hydrogen-bond acceptors (Lipinski definition) is 3. The number of rotatable bonds is 25. The number of unbranched alkanes of at least 4 members (excludes halogenated alkanes) is 12. The minimum absolute atomic E-state index is 0.406. The van der Waals surface area contributed by atoms with Crippen molar-refractivity contribution < 1.29 is 17.7 Å². The van der Waals surface area contributed by atoms with E-state index >= 15 is 4.39 Å². The number of alkyl halides is 1. The fourth-order valence-corrected chi connectivity index (χ4v) is 7.22. The third kappa shape index (κ3) is 15.8. The van der Waals surface area contributed by atoms with Crippen LogP contribution in [0.4, 0.5) is 4.39 Å². The van der Waals surface area contributed by atoms with Crippen LogP contribution in [0.2, 0.25) is 0 Å². The fourth-order valence-electron chi connectivity index (χ4n) is 4.60. The Morgan fingerprint density at radius 1 is 0.531 bits per heavy atom. The first-order valence-electron chi connectivity index (χ1n) is 14.2. The van der Waals surface area contributed by atoms with Crippen LogP contribution in [0, 0.1) is 5.92 Å². The Bertz CT molecular complexity index is 367. The van der Waals surface area contributed by atoms with Crippen molar-refractivity contribution in [1.29, 1.82) is 0 Å². The molecule has 0 radical (unpaired) electrons. The first-order valence-corrected chi connectivity index (χ1v) is 16.0. The summed E-state index contributed by atoms with van der Waals surface area (Å²) in [5.74, 6) is -0.718. The molecule has 32 heavy (non-hydrogen) atoms. The van der Waals surface area contributed by atoms with Crippen molar-refractivity contribution in [1.82, 2.24) is 0 Å². The highest BCUT2D eigenvalue weighted by Crippen LogP contribution is 2.29. The lowest BCUT2D eigenvalue weighted by atomic mass is 9.92. The second-order valence-electron chi connectivity index (χ2n) is 9.29. The van der Waals surface area contributed by atoms with Crippen molar-refractivity contribution in [3.05, 3.63) is 0 Å². The van der Waals surface area contributed by atoms with Crippen LogP contribution in [0.15, 0.2) is 0 Å². The molecule has 0 aromatic rings. The SMILES string of the molecule is CCCCCCCCCCCCCC(CCCCC)CC(F)[Si](OCC)(OCC)OCC. The van der Waals surface area contributed by atoms with Crippen LogP contribution in [0.3, 0.4) is 0 Å². The van der Waals surface area contributed by atoms with Crippen molar-refractivity contribution in [2.75, 3.05) is 19.8 Å². The predicted molar refractivity (Wildman–Crippen MR) is 139 cm³/mol. The van der Waals surface area contributed by atoms with E-state index < -0.39 is 14.6 Å². The van der Waals surface area contributed by atoms with Gasteiger partial charge in [0.25, 0.3) is 0 Å². The summed E-state index contributed by atoms with van der Waals surface area (Å²) in [7, 11) is -3.26. The molecule has 0 amide bonds. The molecule has 0 saturated heterocycles. The van der Waals surface area contributed by atoms with Crippen molar-refractivity contribution >= 4 is 8.80 Å². The average molecular weight is 477 g/mol. The van der Waals surface area contributed by atoms with Gasteiger partial charge in [0, 0.05) is 19.8 Å². The van der Waals surface area contributed by atoms with E-state index in [1.165, 1.54) is 89.9 Å². The molecule has 0 bridgehead atoms. The van der Waals surface area contributed by atoms with Gasteiger partial charge < -0.3 is 13.3 Å². The zero-order chi connectivity index (χ0) is 23.9. The largest absolute Gasteiger partial charge is 0.537 e. The van der Waals surface area contributed by atoms with Gasteiger partial charge in [0.05, 0.1) is 0 Å². The summed E-state index contributed by atoms with van der Waals surface area (Å²) in [6.45, 7) is 11.5. The van der Waals surface area contributed by atoms with Crippen molar-refractivity contribution in [2.45, 2.75) is 150 Å². The van der Waals surface area contributed by atoms with E-state index in [0.717, 1.165) is 12.8 Å².